The zero-order chi connectivity index (χ0) is 18.3. The Kier molecular flexibility index (Phi) is 3.72. The van der Waals surface area contributed by atoms with Gasteiger partial charge in [-0.15, -0.1) is 10.2 Å². The molecule has 1 aromatic carbocycles. The van der Waals surface area contributed by atoms with E-state index in [9.17, 15) is 4.79 Å². The summed E-state index contributed by atoms with van der Waals surface area (Å²) in [6, 6.07) is 7.04. The lowest BCUT2D eigenvalue weighted by atomic mass is 10.2. The fourth-order valence-electron chi connectivity index (χ4n) is 2.74. The highest BCUT2D eigenvalue weighted by Gasteiger charge is 2.19. The van der Waals surface area contributed by atoms with Gasteiger partial charge in [0, 0.05) is 12.4 Å². The van der Waals surface area contributed by atoms with Gasteiger partial charge in [0.2, 0.25) is 17.7 Å². The molecule has 3 N–H and O–H groups in total. The predicted molar refractivity (Wildman–Crippen MR) is 95.2 cm³/mol. The number of para-hydroxylation sites is 1. The van der Waals surface area contributed by atoms with Gasteiger partial charge in [-0.3, -0.25) is 9.48 Å². The molecule has 0 radical (unpaired) electrons. The lowest BCUT2D eigenvalue weighted by Crippen LogP contribution is -2.35. The van der Waals surface area contributed by atoms with Gasteiger partial charge < -0.3 is 11.1 Å². The van der Waals surface area contributed by atoms with Crippen molar-refractivity contribution in [2.75, 3.05) is 5.32 Å². The van der Waals surface area contributed by atoms with Crippen LogP contribution in [0.25, 0.3) is 28.1 Å². The molecule has 3 heterocycles. The zero-order valence-electron chi connectivity index (χ0n) is 14.3. The van der Waals surface area contributed by atoms with Gasteiger partial charge in [0.25, 0.3) is 0 Å². The topological polar surface area (TPSA) is 129 Å². The molecule has 26 heavy (non-hydrogen) atoms. The summed E-state index contributed by atoms with van der Waals surface area (Å²) in [5.74, 6) is 0.364. The van der Waals surface area contributed by atoms with Crippen molar-refractivity contribution in [2.24, 2.45) is 12.8 Å². The second-order valence-electron chi connectivity index (χ2n) is 5.91. The minimum atomic E-state index is -0.559. The van der Waals surface area contributed by atoms with Crippen LogP contribution in [0.3, 0.4) is 0 Å². The molecule has 0 spiro atoms. The van der Waals surface area contributed by atoms with Crippen LogP contribution in [0.15, 0.2) is 30.5 Å². The van der Waals surface area contributed by atoms with Crippen LogP contribution in [-0.2, 0) is 11.8 Å². The van der Waals surface area contributed by atoms with Gasteiger partial charge in [-0.25, -0.2) is 9.97 Å². The number of aryl methyl sites for hydroxylation is 1. The van der Waals surface area contributed by atoms with E-state index in [4.69, 9.17) is 5.73 Å². The average molecular weight is 351 g/mol. The third-order valence-electron chi connectivity index (χ3n) is 4.07. The molecular weight excluding hydrogens is 334 g/mol. The number of carbonyl (C=O) groups excluding carboxylic acids is 1. The minimum Gasteiger partial charge on any atom is -0.368 e. The number of amides is 1. The van der Waals surface area contributed by atoms with E-state index >= 15 is 0 Å². The average Bonchev–Trinajstić information content (AvgIpc) is 3.25. The summed E-state index contributed by atoms with van der Waals surface area (Å²) < 4.78 is 3.15. The maximum Gasteiger partial charge on any atom is 0.239 e. The van der Waals surface area contributed by atoms with Gasteiger partial charge in [-0.1, -0.05) is 24.3 Å². The summed E-state index contributed by atoms with van der Waals surface area (Å²) in [6.45, 7) is 1.87. The van der Waals surface area contributed by atoms with E-state index in [0.717, 1.165) is 10.9 Å². The Labute approximate surface area is 148 Å². The number of primary amides is 1. The van der Waals surface area contributed by atoms with Crippen molar-refractivity contribution in [1.29, 1.82) is 0 Å². The Morgan fingerprint density at radius 1 is 1.31 bits per heavy atom. The molecule has 10 heteroatoms. The monoisotopic (exact) mass is 351 g/mol. The smallest absolute Gasteiger partial charge is 0.239 e. The number of nitrogens with two attached hydrogens (primary N) is 1. The molecule has 4 aromatic rings. The Morgan fingerprint density at radius 2 is 2.12 bits per heavy atom. The number of carbonyl (C=O) groups is 1. The van der Waals surface area contributed by atoms with Crippen molar-refractivity contribution >= 4 is 28.4 Å². The third kappa shape index (κ3) is 2.61. The van der Waals surface area contributed by atoms with Crippen LogP contribution in [0.1, 0.15) is 13.3 Å². The molecule has 10 nitrogen and oxygen atoms in total. The molecule has 3 aromatic heterocycles. The van der Waals surface area contributed by atoms with Crippen LogP contribution >= 0.6 is 0 Å². The summed E-state index contributed by atoms with van der Waals surface area (Å²) in [5, 5.41) is 16.4. The first-order valence-electron chi connectivity index (χ1n) is 8.15. The van der Waals surface area contributed by atoms with E-state index < -0.39 is 11.9 Å². The molecule has 0 aliphatic heterocycles. The molecule has 0 saturated carbocycles. The van der Waals surface area contributed by atoms with Crippen LogP contribution in [0.5, 0.6) is 0 Å². The van der Waals surface area contributed by atoms with E-state index in [1.807, 2.05) is 31.2 Å². The Hall–Kier alpha value is -3.56. The molecule has 0 unspecified atom stereocenters. The second kappa shape index (κ2) is 6.06. The van der Waals surface area contributed by atoms with Crippen LogP contribution in [0, 0.1) is 0 Å². The number of anilines is 1. The third-order valence-corrected chi connectivity index (χ3v) is 4.07. The van der Waals surface area contributed by atoms with E-state index in [1.54, 1.807) is 22.4 Å². The Bertz CT molecular complexity index is 1110. The van der Waals surface area contributed by atoms with Crippen LogP contribution in [-0.4, -0.2) is 46.5 Å². The number of nitrogens with zero attached hydrogens (tertiary/aromatic N) is 7. The van der Waals surface area contributed by atoms with Crippen LogP contribution in [0.2, 0.25) is 0 Å². The number of hydrogen-bond acceptors (Lipinski definition) is 7. The van der Waals surface area contributed by atoms with E-state index in [2.05, 4.69) is 30.7 Å². The summed E-state index contributed by atoms with van der Waals surface area (Å²) in [7, 11) is 1.77. The van der Waals surface area contributed by atoms with Gasteiger partial charge in [0.05, 0.1) is 11.7 Å². The summed E-state index contributed by atoms with van der Waals surface area (Å²) in [5.41, 5.74) is 7.35. The first-order chi connectivity index (χ1) is 12.6. The lowest BCUT2D eigenvalue weighted by Gasteiger charge is -2.15. The number of aromatic nitrogens is 7. The quantitative estimate of drug-likeness (QED) is 0.543. The van der Waals surface area contributed by atoms with Crippen molar-refractivity contribution in [3.63, 3.8) is 0 Å². The van der Waals surface area contributed by atoms with Crippen LogP contribution in [0.4, 0.5) is 5.95 Å². The molecule has 1 atom stereocenters. The molecule has 0 aliphatic rings. The lowest BCUT2D eigenvalue weighted by molar-refractivity contribution is -0.118. The Morgan fingerprint density at radius 3 is 2.81 bits per heavy atom. The number of fused-ring (bicyclic) bond motifs is 3. The first-order valence-corrected chi connectivity index (χ1v) is 8.15. The molecule has 0 fully saturated rings. The van der Waals surface area contributed by atoms with Crippen molar-refractivity contribution < 1.29 is 4.79 Å². The Balaban J connectivity index is 1.94. The number of hydrogen-bond donors (Lipinski definition) is 2. The van der Waals surface area contributed by atoms with Crippen molar-refractivity contribution in [3.05, 3.63) is 30.5 Å². The molecule has 132 valence electrons. The highest BCUT2D eigenvalue weighted by Crippen LogP contribution is 2.23. The van der Waals surface area contributed by atoms with Gasteiger partial charge in [-0.05, 0) is 18.6 Å². The van der Waals surface area contributed by atoms with Gasteiger partial charge >= 0.3 is 0 Å². The predicted octanol–water partition coefficient (Wildman–Crippen LogP) is 0.749. The summed E-state index contributed by atoms with van der Waals surface area (Å²) in [6.07, 6.45) is 2.26. The fourth-order valence-corrected chi connectivity index (χ4v) is 2.74. The van der Waals surface area contributed by atoms with E-state index in [0.29, 0.717) is 29.5 Å². The normalized spacial score (nSPS) is 12.5. The number of nitrogens with one attached hydrogen (secondary N) is 1. The van der Waals surface area contributed by atoms with Crippen molar-refractivity contribution in [2.45, 2.75) is 19.4 Å². The van der Waals surface area contributed by atoms with E-state index in [1.165, 1.54) is 0 Å². The standard InChI is InChI=1S/C16H17N9O/c1-3-10(13(17)26)18-16-19-11-7-5-4-6-9(11)15-20-14(22-25(15)16)12-8-24(2)23-21-12/h4-8,10H,3H2,1-2H3,(H2,17,26)(H,18,19)/t10-/m1/s1. The second-order valence-corrected chi connectivity index (χ2v) is 5.91. The van der Waals surface area contributed by atoms with Gasteiger partial charge in [-0.2, -0.15) is 4.52 Å². The van der Waals surface area contributed by atoms with Crippen LogP contribution < -0.4 is 11.1 Å². The first kappa shape index (κ1) is 15.9. The maximum atomic E-state index is 11.6. The van der Waals surface area contributed by atoms with Gasteiger partial charge in [0.1, 0.15) is 6.04 Å². The molecule has 0 bridgehead atoms. The fraction of sp³-hybridized carbons (Fsp3) is 0.250. The SMILES string of the molecule is CC[C@@H](Nc1nc2ccccc2c2nc(-c3cn(C)nn3)nn12)C(N)=O. The number of rotatable bonds is 5. The highest BCUT2D eigenvalue weighted by atomic mass is 16.1. The number of benzene rings is 1. The summed E-state index contributed by atoms with van der Waals surface area (Å²) >= 11 is 0. The molecule has 0 saturated heterocycles. The molecular formula is C16H17N9O. The zero-order valence-corrected chi connectivity index (χ0v) is 14.3. The van der Waals surface area contributed by atoms with E-state index in [-0.39, 0.29) is 0 Å². The maximum absolute atomic E-state index is 11.6. The summed E-state index contributed by atoms with van der Waals surface area (Å²) in [4.78, 5) is 20.8. The molecule has 0 aliphatic carbocycles. The largest absolute Gasteiger partial charge is 0.368 e. The molecule has 1 amide bonds. The molecule has 4 rings (SSSR count). The van der Waals surface area contributed by atoms with Crippen molar-refractivity contribution in [1.82, 2.24) is 34.6 Å². The minimum absolute atomic E-state index is 0.395. The highest BCUT2D eigenvalue weighted by molar-refractivity contribution is 5.93. The van der Waals surface area contributed by atoms with Crippen molar-refractivity contribution in [3.8, 4) is 11.5 Å². The van der Waals surface area contributed by atoms with Gasteiger partial charge in [0.15, 0.2) is 11.3 Å².